The van der Waals surface area contributed by atoms with E-state index in [1.165, 1.54) is 23.6 Å². The first-order valence-corrected chi connectivity index (χ1v) is 9.15. The molecule has 0 amide bonds. The van der Waals surface area contributed by atoms with Gasteiger partial charge in [-0.25, -0.2) is 12.7 Å². The first-order valence-electron chi connectivity index (χ1n) is 7.71. The van der Waals surface area contributed by atoms with Crippen molar-refractivity contribution >= 4 is 10.0 Å². The highest BCUT2D eigenvalue weighted by molar-refractivity contribution is 7.89. The average Bonchev–Trinajstić information content (AvgIpc) is 2.48. The van der Waals surface area contributed by atoms with Gasteiger partial charge in [-0.2, -0.15) is 0 Å². The standard InChI is InChI=1S/C16H26N2O2S/c1-13-8-9-15(11-17)10-16(13)21(19,20)18(2)12-14-6-4-3-5-7-14/h8-10,14H,3-7,11-12,17H2,1-2H3. The molecule has 0 unspecified atom stereocenters. The molecule has 1 fully saturated rings. The Hall–Kier alpha value is -0.910. The molecule has 2 N–H and O–H groups in total. The molecule has 0 spiro atoms. The van der Waals surface area contributed by atoms with Gasteiger partial charge >= 0.3 is 0 Å². The lowest BCUT2D eigenvalue weighted by molar-refractivity contribution is 0.300. The molecular formula is C16H26N2O2S. The van der Waals surface area contributed by atoms with Crippen LogP contribution in [0.1, 0.15) is 43.2 Å². The first-order chi connectivity index (χ1) is 9.95. The third-order valence-electron chi connectivity index (χ3n) is 4.42. The van der Waals surface area contributed by atoms with Gasteiger partial charge in [-0.05, 0) is 42.9 Å². The molecule has 1 aromatic carbocycles. The van der Waals surface area contributed by atoms with Gasteiger partial charge in [-0.15, -0.1) is 0 Å². The van der Waals surface area contributed by atoms with Crippen molar-refractivity contribution in [3.63, 3.8) is 0 Å². The lowest BCUT2D eigenvalue weighted by Crippen LogP contribution is -2.33. The minimum atomic E-state index is -3.42. The number of sulfonamides is 1. The number of hydrogen-bond acceptors (Lipinski definition) is 3. The number of benzene rings is 1. The van der Waals surface area contributed by atoms with Crippen LogP contribution in [-0.2, 0) is 16.6 Å². The van der Waals surface area contributed by atoms with Crippen LogP contribution in [0.15, 0.2) is 23.1 Å². The summed E-state index contributed by atoms with van der Waals surface area (Å²) in [4.78, 5) is 0.392. The van der Waals surface area contributed by atoms with Gasteiger partial charge in [0.05, 0.1) is 4.90 Å². The van der Waals surface area contributed by atoms with Crippen molar-refractivity contribution in [3.8, 4) is 0 Å². The molecule has 118 valence electrons. The van der Waals surface area contributed by atoms with E-state index in [-0.39, 0.29) is 0 Å². The Morgan fingerprint density at radius 2 is 1.90 bits per heavy atom. The summed E-state index contributed by atoms with van der Waals surface area (Å²) in [6.07, 6.45) is 6.01. The second kappa shape index (κ2) is 6.90. The predicted molar refractivity (Wildman–Crippen MR) is 85.5 cm³/mol. The van der Waals surface area contributed by atoms with Crippen LogP contribution in [0, 0.1) is 12.8 Å². The molecular weight excluding hydrogens is 284 g/mol. The summed E-state index contributed by atoms with van der Waals surface area (Å²) in [5, 5.41) is 0. The Morgan fingerprint density at radius 3 is 2.52 bits per heavy atom. The zero-order chi connectivity index (χ0) is 15.5. The number of aryl methyl sites for hydroxylation is 1. The van der Waals surface area contributed by atoms with Crippen LogP contribution in [0.2, 0.25) is 0 Å². The van der Waals surface area contributed by atoms with E-state index in [9.17, 15) is 8.42 Å². The third-order valence-corrected chi connectivity index (χ3v) is 6.38. The second-order valence-electron chi connectivity index (χ2n) is 6.09. The van der Waals surface area contributed by atoms with Crippen LogP contribution in [0.5, 0.6) is 0 Å². The maximum absolute atomic E-state index is 12.8. The number of rotatable bonds is 5. The van der Waals surface area contributed by atoms with Crippen molar-refractivity contribution in [2.45, 2.75) is 50.5 Å². The molecule has 0 radical (unpaired) electrons. The van der Waals surface area contributed by atoms with Gasteiger partial charge < -0.3 is 5.73 Å². The zero-order valence-corrected chi connectivity index (χ0v) is 13.8. The fourth-order valence-corrected chi connectivity index (χ4v) is 4.57. The normalized spacial score (nSPS) is 17.3. The molecule has 0 aliphatic heterocycles. The van der Waals surface area contributed by atoms with Crippen LogP contribution in [0.4, 0.5) is 0 Å². The molecule has 0 atom stereocenters. The van der Waals surface area contributed by atoms with Crippen molar-refractivity contribution in [2.24, 2.45) is 11.7 Å². The number of nitrogens with zero attached hydrogens (tertiary/aromatic N) is 1. The summed E-state index contributed by atoms with van der Waals surface area (Å²) in [6.45, 7) is 2.81. The van der Waals surface area contributed by atoms with Crippen molar-refractivity contribution in [1.29, 1.82) is 0 Å². The van der Waals surface area contributed by atoms with E-state index in [1.54, 1.807) is 13.1 Å². The maximum Gasteiger partial charge on any atom is 0.243 e. The first kappa shape index (κ1) is 16.5. The Kier molecular flexibility index (Phi) is 5.41. The minimum Gasteiger partial charge on any atom is -0.326 e. The summed E-state index contributed by atoms with van der Waals surface area (Å²) >= 11 is 0. The molecule has 0 bridgehead atoms. The molecule has 5 heteroatoms. The SMILES string of the molecule is Cc1ccc(CN)cc1S(=O)(=O)N(C)CC1CCCCC1. The van der Waals surface area contributed by atoms with Crippen LogP contribution in [-0.4, -0.2) is 26.3 Å². The van der Waals surface area contributed by atoms with E-state index in [4.69, 9.17) is 5.73 Å². The van der Waals surface area contributed by atoms with E-state index in [0.717, 1.165) is 24.0 Å². The maximum atomic E-state index is 12.8. The molecule has 0 aromatic heterocycles. The van der Waals surface area contributed by atoms with E-state index < -0.39 is 10.0 Å². The Balaban J connectivity index is 2.20. The van der Waals surface area contributed by atoms with E-state index in [1.807, 2.05) is 19.1 Å². The van der Waals surface area contributed by atoms with Gasteiger partial charge in [-0.1, -0.05) is 31.4 Å². The van der Waals surface area contributed by atoms with Crippen LogP contribution in [0.3, 0.4) is 0 Å². The molecule has 0 heterocycles. The van der Waals surface area contributed by atoms with Crippen molar-refractivity contribution in [1.82, 2.24) is 4.31 Å². The largest absolute Gasteiger partial charge is 0.326 e. The van der Waals surface area contributed by atoms with E-state index in [0.29, 0.717) is 23.9 Å². The van der Waals surface area contributed by atoms with Crippen LogP contribution < -0.4 is 5.73 Å². The van der Waals surface area contributed by atoms with E-state index in [2.05, 4.69) is 0 Å². The number of hydrogen-bond donors (Lipinski definition) is 1. The summed E-state index contributed by atoms with van der Waals surface area (Å²) < 4.78 is 27.1. The summed E-state index contributed by atoms with van der Waals surface area (Å²) in [7, 11) is -1.73. The van der Waals surface area contributed by atoms with Crippen LogP contribution in [0.25, 0.3) is 0 Å². The fraction of sp³-hybridized carbons (Fsp3) is 0.625. The van der Waals surface area contributed by atoms with Gasteiger partial charge in [0, 0.05) is 20.1 Å². The topological polar surface area (TPSA) is 63.4 Å². The smallest absolute Gasteiger partial charge is 0.243 e. The number of nitrogens with two attached hydrogens (primary N) is 1. The Morgan fingerprint density at radius 1 is 1.24 bits per heavy atom. The lowest BCUT2D eigenvalue weighted by Gasteiger charge is -2.27. The quantitative estimate of drug-likeness (QED) is 0.909. The highest BCUT2D eigenvalue weighted by atomic mass is 32.2. The molecule has 4 nitrogen and oxygen atoms in total. The van der Waals surface area contributed by atoms with Gasteiger partial charge in [0.15, 0.2) is 0 Å². The van der Waals surface area contributed by atoms with Crippen molar-refractivity contribution in [3.05, 3.63) is 29.3 Å². The molecule has 1 aromatic rings. The van der Waals surface area contributed by atoms with Gasteiger partial charge in [0.1, 0.15) is 0 Å². The predicted octanol–water partition coefficient (Wildman–Crippen LogP) is 2.65. The summed E-state index contributed by atoms with van der Waals surface area (Å²) in [5.74, 6) is 0.497. The molecule has 0 saturated heterocycles. The fourth-order valence-electron chi connectivity index (χ4n) is 3.05. The van der Waals surface area contributed by atoms with Gasteiger partial charge in [-0.3, -0.25) is 0 Å². The highest BCUT2D eigenvalue weighted by Crippen LogP contribution is 2.27. The van der Waals surface area contributed by atoms with Crippen molar-refractivity contribution in [2.75, 3.05) is 13.6 Å². The Bertz CT molecular complexity index is 578. The van der Waals surface area contributed by atoms with E-state index >= 15 is 0 Å². The lowest BCUT2D eigenvalue weighted by atomic mass is 9.89. The van der Waals surface area contributed by atoms with Crippen molar-refractivity contribution < 1.29 is 8.42 Å². The van der Waals surface area contributed by atoms with Crippen LogP contribution >= 0.6 is 0 Å². The van der Waals surface area contributed by atoms with Gasteiger partial charge in [0.25, 0.3) is 0 Å². The highest BCUT2D eigenvalue weighted by Gasteiger charge is 2.26. The monoisotopic (exact) mass is 310 g/mol. The van der Waals surface area contributed by atoms with Gasteiger partial charge in [0.2, 0.25) is 10.0 Å². The average molecular weight is 310 g/mol. The molecule has 1 aliphatic carbocycles. The molecule has 2 rings (SSSR count). The third kappa shape index (κ3) is 3.84. The molecule has 21 heavy (non-hydrogen) atoms. The molecule has 1 aliphatic rings. The zero-order valence-electron chi connectivity index (χ0n) is 13.0. The second-order valence-corrected chi connectivity index (χ2v) is 8.11. The minimum absolute atomic E-state index is 0.356. The molecule has 1 saturated carbocycles. The summed E-state index contributed by atoms with van der Waals surface area (Å²) in [6, 6.07) is 5.43. The Labute approximate surface area is 128 Å². The summed E-state index contributed by atoms with van der Waals surface area (Å²) in [5.41, 5.74) is 7.26.